The SMILES string of the molecule is COCCOC1C[C@@H]2CC[C@@H](C)[C@@](O)(O2)C(=O)C(=O)N2CCCCC2C(=O)O[C@H]([C@H](C)C[C@@H]2CC[C@@H](OCCCN3CCC[C@H](O)C3)[C@H](OC)C2)CC(=O)[C@H](C)/C=C(\C)[C@@H](O)[C@@H](OC)C(=O)[C@H](C)C[C@H](C)/C=C/C=C/C=C/1C. The molecule has 16 atom stereocenters. The number of ether oxygens (including phenoxy) is 7. The van der Waals surface area contributed by atoms with Gasteiger partial charge in [-0.1, -0.05) is 71.1 Å². The van der Waals surface area contributed by atoms with E-state index in [0.29, 0.717) is 70.3 Å². The van der Waals surface area contributed by atoms with E-state index in [4.69, 9.17) is 33.2 Å². The van der Waals surface area contributed by atoms with Crippen LogP contribution in [0.25, 0.3) is 0 Å². The van der Waals surface area contributed by atoms with E-state index in [1.54, 1.807) is 41.1 Å². The van der Waals surface area contributed by atoms with Crippen molar-refractivity contribution in [2.75, 3.05) is 67.3 Å². The largest absolute Gasteiger partial charge is 0.460 e. The lowest BCUT2D eigenvalue weighted by Gasteiger charge is -2.43. The van der Waals surface area contributed by atoms with Crippen LogP contribution in [0.1, 0.15) is 145 Å². The number of ketones is 3. The van der Waals surface area contributed by atoms with Gasteiger partial charge < -0.3 is 58.3 Å². The molecule has 4 fully saturated rings. The molecule has 17 nitrogen and oxygen atoms in total. The average Bonchev–Trinajstić information content (AvgIpc) is 3.44. The molecule has 1 amide bonds. The summed E-state index contributed by atoms with van der Waals surface area (Å²) >= 11 is 0. The maximum Gasteiger partial charge on any atom is 0.329 e. The molecule has 0 aromatic heterocycles. The number of rotatable bonds is 14. The number of piperidine rings is 2. The summed E-state index contributed by atoms with van der Waals surface area (Å²) in [6, 6.07) is -1.15. The summed E-state index contributed by atoms with van der Waals surface area (Å²) in [7, 11) is 4.66. The molecule has 2 bridgehead atoms. The highest BCUT2D eigenvalue weighted by Crippen LogP contribution is 2.38. The van der Waals surface area contributed by atoms with Crippen LogP contribution in [0.5, 0.6) is 0 Å². The van der Waals surface area contributed by atoms with Crippen molar-refractivity contribution in [2.24, 2.45) is 35.5 Å². The zero-order valence-corrected chi connectivity index (χ0v) is 48.8. The molecule has 3 N–H and O–H groups in total. The number of aliphatic hydroxyl groups is 3. The molecule has 78 heavy (non-hydrogen) atoms. The second kappa shape index (κ2) is 32.2. The van der Waals surface area contributed by atoms with Crippen LogP contribution >= 0.6 is 0 Å². The lowest BCUT2D eigenvalue weighted by molar-refractivity contribution is -0.266. The molecule has 3 saturated heterocycles. The van der Waals surface area contributed by atoms with Gasteiger partial charge in [-0.05, 0) is 133 Å². The van der Waals surface area contributed by atoms with E-state index in [9.17, 15) is 39.3 Å². The third-order valence-corrected chi connectivity index (χ3v) is 17.2. The number of β-amino-alcohol motifs (C(OH)–C–C–N with tert-alkyl or cyclic N) is 1. The Labute approximate surface area is 465 Å². The van der Waals surface area contributed by atoms with Crippen molar-refractivity contribution >= 4 is 29.2 Å². The topological polar surface area (TPSA) is 217 Å². The maximum atomic E-state index is 14.7. The maximum absolute atomic E-state index is 14.7. The Kier molecular flexibility index (Phi) is 27.0. The van der Waals surface area contributed by atoms with Crippen molar-refractivity contribution < 1.29 is 72.5 Å². The molecule has 0 radical (unpaired) electrons. The summed E-state index contributed by atoms with van der Waals surface area (Å²) in [6.45, 7) is 16.6. The van der Waals surface area contributed by atoms with Gasteiger partial charge in [-0.25, -0.2) is 4.79 Å². The smallest absolute Gasteiger partial charge is 0.329 e. The minimum atomic E-state index is -2.46. The molecule has 1 aliphatic carbocycles. The highest BCUT2D eigenvalue weighted by Gasteiger charge is 2.53. The monoisotopic (exact) mass is 1100 g/mol. The van der Waals surface area contributed by atoms with Crippen LogP contribution in [0.15, 0.2) is 47.6 Å². The van der Waals surface area contributed by atoms with Crippen LogP contribution in [0.2, 0.25) is 0 Å². The molecule has 5 rings (SSSR count). The predicted octanol–water partition coefficient (Wildman–Crippen LogP) is 7.07. The third kappa shape index (κ3) is 18.8. The van der Waals surface area contributed by atoms with E-state index >= 15 is 0 Å². The Morgan fingerprint density at radius 3 is 2.28 bits per heavy atom. The quantitative estimate of drug-likeness (QED) is 0.0686. The number of carbonyl (C=O) groups excluding carboxylic acids is 5. The van der Waals surface area contributed by atoms with Crippen LogP contribution in [0, 0.1) is 35.5 Å². The first-order valence-corrected chi connectivity index (χ1v) is 29.3. The van der Waals surface area contributed by atoms with Gasteiger partial charge in [0.1, 0.15) is 30.1 Å². The van der Waals surface area contributed by atoms with Crippen LogP contribution in [0.3, 0.4) is 0 Å². The van der Waals surface area contributed by atoms with E-state index in [2.05, 4.69) is 4.90 Å². The normalized spacial score (nSPS) is 38.1. The lowest BCUT2D eigenvalue weighted by Crippen LogP contribution is -2.61. The summed E-state index contributed by atoms with van der Waals surface area (Å²) in [5, 5.41) is 33.8. The standard InChI is InChI=1S/C61H98N2O15/c1-39-18-12-11-13-19-40(2)52(76-31-30-72-8)36-48-24-22-45(7)61(71,78-48)58(68)59(69)63-28-15-14-21-49(63)60(70)77-53(37-50(65)41(3)33-44(6)56(67)57(74-10)55(66)43(5)32-39)42(4)34-46-23-25-51(54(35-46)73-9)75-29-17-27-62-26-16-20-47(64)38-62/h11-13,18-19,33,39,41-43,45-49,51-54,56-57,64,67,71H,14-17,20-32,34-38H2,1-10H3/b13-11+,18-12+,40-19+,44-33+/t39-,41-,42-,43-,45-,46+,47+,48+,49?,51-,52?,53+,54-,56-,57+,61-/m1/s1. The van der Waals surface area contributed by atoms with Crippen LogP contribution in [-0.2, 0) is 57.1 Å². The highest BCUT2D eigenvalue weighted by atomic mass is 16.6. The number of methoxy groups -OCH3 is 3. The second-order valence-corrected chi connectivity index (χ2v) is 23.5. The first-order chi connectivity index (χ1) is 37.2. The van der Waals surface area contributed by atoms with Gasteiger partial charge in [0.05, 0.1) is 43.7 Å². The molecule has 0 aromatic carbocycles. The number of amides is 1. The number of hydrogen-bond acceptors (Lipinski definition) is 16. The number of hydrogen-bond donors (Lipinski definition) is 3. The van der Waals surface area contributed by atoms with Gasteiger partial charge in [0.25, 0.3) is 11.7 Å². The molecule has 1 saturated carbocycles. The molecule has 17 heteroatoms. The van der Waals surface area contributed by atoms with E-state index in [1.165, 1.54) is 12.0 Å². The van der Waals surface area contributed by atoms with Crippen molar-refractivity contribution in [3.05, 3.63) is 47.6 Å². The molecule has 5 aliphatic rings. The van der Waals surface area contributed by atoms with Crippen LogP contribution in [-0.4, -0.2) is 182 Å². The summed E-state index contributed by atoms with van der Waals surface area (Å²) in [5.74, 6) is -8.01. The van der Waals surface area contributed by atoms with Crippen molar-refractivity contribution in [3.63, 3.8) is 0 Å². The van der Waals surface area contributed by atoms with Crippen molar-refractivity contribution in [2.45, 2.75) is 205 Å². The molecule has 4 aliphatic heterocycles. The van der Waals surface area contributed by atoms with Crippen LogP contribution in [0.4, 0.5) is 0 Å². The second-order valence-electron chi connectivity index (χ2n) is 23.5. The van der Waals surface area contributed by atoms with Crippen molar-refractivity contribution in [1.82, 2.24) is 9.80 Å². The Hall–Kier alpha value is -3.49. The number of likely N-dealkylation sites (tertiary alicyclic amines) is 1. The average molecular weight is 1100 g/mol. The zero-order chi connectivity index (χ0) is 57.1. The summed E-state index contributed by atoms with van der Waals surface area (Å²) in [5.41, 5.74) is 1.25. The van der Waals surface area contributed by atoms with Crippen molar-refractivity contribution in [1.29, 1.82) is 0 Å². The summed E-state index contributed by atoms with van der Waals surface area (Å²) in [4.78, 5) is 75.4. The molecule has 442 valence electrons. The van der Waals surface area contributed by atoms with Gasteiger partial charge >= 0.3 is 5.97 Å². The number of Topliss-reactive ketones (excluding diaryl/α,β-unsaturated/α-hetero) is 3. The molecular weight excluding hydrogens is 1000 g/mol. The Balaban J connectivity index is 1.41. The minimum absolute atomic E-state index is 0.000473. The number of cyclic esters (lactones) is 1. The third-order valence-electron chi connectivity index (χ3n) is 17.2. The molecule has 0 aromatic rings. The Morgan fingerprint density at radius 1 is 0.795 bits per heavy atom. The fraction of sp³-hybridized carbons (Fsp3) is 0.787. The van der Waals surface area contributed by atoms with Gasteiger partial charge in [-0.3, -0.25) is 19.2 Å². The molecule has 4 heterocycles. The minimum Gasteiger partial charge on any atom is -0.460 e. The predicted molar refractivity (Wildman–Crippen MR) is 296 cm³/mol. The van der Waals surface area contributed by atoms with Gasteiger partial charge in [0.15, 0.2) is 5.78 Å². The van der Waals surface area contributed by atoms with Gasteiger partial charge in [0.2, 0.25) is 5.79 Å². The number of aliphatic hydroxyl groups excluding tert-OH is 2. The number of esters is 1. The van der Waals surface area contributed by atoms with Crippen molar-refractivity contribution in [3.8, 4) is 0 Å². The Morgan fingerprint density at radius 2 is 1.56 bits per heavy atom. The lowest BCUT2D eigenvalue weighted by atomic mass is 9.78. The summed E-state index contributed by atoms with van der Waals surface area (Å²) < 4.78 is 42.2. The number of carbonyl (C=O) groups is 5. The first kappa shape index (κ1) is 65.3. The molecule has 2 unspecified atom stereocenters. The number of fused-ring (bicyclic) bond motifs is 3. The van der Waals surface area contributed by atoms with E-state index in [0.717, 1.165) is 50.8 Å². The number of nitrogens with zero attached hydrogens (tertiary/aromatic N) is 2. The van der Waals surface area contributed by atoms with E-state index in [-0.39, 0.29) is 80.0 Å². The van der Waals surface area contributed by atoms with Gasteiger partial charge in [-0.2, -0.15) is 0 Å². The van der Waals surface area contributed by atoms with Gasteiger partial charge in [0, 0.05) is 78.2 Å². The Bertz CT molecular complexity index is 2060. The number of allylic oxidation sites excluding steroid dienone is 6. The van der Waals surface area contributed by atoms with E-state index < -0.39 is 77.8 Å². The zero-order valence-electron chi connectivity index (χ0n) is 48.8. The van der Waals surface area contributed by atoms with Gasteiger partial charge in [-0.15, -0.1) is 0 Å². The van der Waals surface area contributed by atoms with E-state index in [1.807, 2.05) is 58.1 Å². The first-order valence-electron chi connectivity index (χ1n) is 29.3. The summed E-state index contributed by atoms with van der Waals surface area (Å²) in [6.07, 6.45) is 14.6. The highest BCUT2D eigenvalue weighted by molar-refractivity contribution is 6.39. The fourth-order valence-electron chi connectivity index (χ4n) is 12.2. The van der Waals surface area contributed by atoms with Crippen LogP contribution < -0.4 is 0 Å². The molecule has 0 spiro atoms. The molecular formula is C61H98N2O15. The fourth-order valence-corrected chi connectivity index (χ4v) is 12.2.